The number of fused-ring (bicyclic) bond motifs is 1. The number of nitrogens with one attached hydrogen (secondary N) is 1. The van der Waals surface area contributed by atoms with E-state index in [1.165, 1.54) is 12.3 Å². The molecule has 32 heavy (non-hydrogen) atoms. The van der Waals surface area contributed by atoms with E-state index in [2.05, 4.69) is 19.9 Å². The molecule has 10 heteroatoms. The van der Waals surface area contributed by atoms with E-state index in [4.69, 9.17) is 22.1 Å². The Bertz CT molecular complexity index is 1180. The van der Waals surface area contributed by atoms with Crippen molar-refractivity contribution >= 4 is 34.7 Å². The molecule has 0 aliphatic carbocycles. The van der Waals surface area contributed by atoms with E-state index in [1.807, 2.05) is 27.7 Å². The van der Waals surface area contributed by atoms with Gasteiger partial charge in [0, 0.05) is 24.6 Å². The molecule has 1 amide bonds. The molecule has 2 aromatic heterocycles. The van der Waals surface area contributed by atoms with Crippen molar-refractivity contribution in [3.05, 3.63) is 34.5 Å². The van der Waals surface area contributed by atoms with Crippen LogP contribution in [-0.2, 0) is 4.74 Å². The number of anilines is 1. The molecule has 0 spiro atoms. The van der Waals surface area contributed by atoms with Crippen LogP contribution in [0.3, 0.4) is 0 Å². The van der Waals surface area contributed by atoms with Gasteiger partial charge in [-0.15, -0.1) is 0 Å². The highest BCUT2D eigenvalue weighted by Crippen LogP contribution is 2.39. The van der Waals surface area contributed by atoms with Crippen molar-refractivity contribution in [2.75, 3.05) is 18.8 Å². The topological polar surface area (TPSA) is 110 Å². The van der Waals surface area contributed by atoms with E-state index in [0.29, 0.717) is 42.1 Å². The van der Waals surface area contributed by atoms with Crippen molar-refractivity contribution in [2.45, 2.75) is 52.1 Å². The lowest BCUT2D eigenvalue weighted by atomic mass is 9.93. The van der Waals surface area contributed by atoms with Crippen molar-refractivity contribution in [1.29, 1.82) is 0 Å². The number of nitrogen functional groups attached to an aromatic ring is 1. The summed E-state index contributed by atoms with van der Waals surface area (Å²) in [6.45, 7) is 8.67. The molecular formula is C22H26ClFN6O2. The summed E-state index contributed by atoms with van der Waals surface area (Å²) in [7, 11) is 0. The number of benzene rings is 1. The maximum atomic E-state index is 15.2. The molecular weight excluding hydrogens is 435 g/mol. The number of amides is 1. The molecule has 4 rings (SSSR count). The molecule has 1 unspecified atom stereocenters. The van der Waals surface area contributed by atoms with Crippen LogP contribution in [0.5, 0.6) is 0 Å². The first-order chi connectivity index (χ1) is 15.2. The highest BCUT2D eigenvalue weighted by Gasteiger charge is 2.32. The van der Waals surface area contributed by atoms with E-state index in [1.54, 1.807) is 4.90 Å². The normalized spacial score (nSPS) is 16.5. The summed E-state index contributed by atoms with van der Waals surface area (Å²) in [5.41, 5.74) is 8.38. The first kappa shape index (κ1) is 22.3. The molecule has 3 N–H and O–H groups in total. The summed E-state index contributed by atoms with van der Waals surface area (Å²) in [5.74, 6) is 0.206. The monoisotopic (exact) mass is 460 g/mol. The molecule has 0 bridgehead atoms. The van der Waals surface area contributed by atoms with Crippen LogP contribution in [0.1, 0.15) is 57.3 Å². The van der Waals surface area contributed by atoms with E-state index < -0.39 is 5.82 Å². The number of ether oxygens (including phenoxy) is 1. The van der Waals surface area contributed by atoms with E-state index in [-0.39, 0.29) is 40.5 Å². The van der Waals surface area contributed by atoms with Crippen LogP contribution < -0.4 is 5.73 Å². The molecule has 1 atom stereocenters. The first-order valence-corrected chi connectivity index (χ1v) is 11.0. The number of halogens is 2. The molecule has 3 aromatic rings. The Morgan fingerprint density at radius 2 is 2.09 bits per heavy atom. The van der Waals surface area contributed by atoms with Crippen molar-refractivity contribution in [1.82, 2.24) is 24.8 Å². The van der Waals surface area contributed by atoms with Gasteiger partial charge in [-0.2, -0.15) is 0 Å². The molecule has 1 fully saturated rings. The third-order valence-electron chi connectivity index (χ3n) is 5.54. The van der Waals surface area contributed by atoms with Crippen molar-refractivity contribution < 1.29 is 13.9 Å². The highest BCUT2D eigenvalue weighted by atomic mass is 35.5. The average molecular weight is 461 g/mol. The maximum absolute atomic E-state index is 15.2. The number of aromatic nitrogens is 4. The molecule has 0 radical (unpaired) electrons. The van der Waals surface area contributed by atoms with Gasteiger partial charge in [0.1, 0.15) is 11.3 Å². The van der Waals surface area contributed by atoms with Gasteiger partial charge in [0.25, 0.3) is 0 Å². The van der Waals surface area contributed by atoms with Crippen LogP contribution >= 0.6 is 11.6 Å². The summed E-state index contributed by atoms with van der Waals surface area (Å²) in [6, 6.07) is 1.40. The van der Waals surface area contributed by atoms with Gasteiger partial charge < -0.3 is 20.4 Å². The molecule has 3 heterocycles. The number of hydrogen-bond donors (Lipinski definition) is 2. The van der Waals surface area contributed by atoms with Crippen LogP contribution in [0.4, 0.5) is 15.1 Å². The summed E-state index contributed by atoms with van der Waals surface area (Å²) in [5, 5.41) is 0.287. The fourth-order valence-electron chi connectivity index (χ4n) is 4.15. The quantitative estimate of drug-likeness (QED) is 0.575. The molecule has 170 valence electrons. The molecule has 0 saturated carbocycles. The second kappa shape index (κ2) is 8.54. The predicted molar refractivity (Wildman–Crippen MR) is 121 cm³/mol. The van der Waals surface area contributed by atoms with Crippen LogP contribution in [0.15, 0.2) is 12.3 Å². The Balaban J connectivity index is 1.76. The molecule has 8 nitrogen and oxygen atoms in total. The SMILES string of the molecule is CC(C)OC(=O)N1CCC(c2nc3c(F)cc(-c4nc(N)ncc4Cl)c(C(C)C)c3[nH]2)C1. The summed E-state index contributed by atoms with van der Waals surface area (Å²) in [4.78, 5) is 29.9. The van der Waals surface area contributed by atoms with Gasteiger partial charge in [-0.05, 0) is 37.8 Å². The summed E-state index contributed by atoms with van der Waals surface area (Å²) >= 11 is 6.32. The van der Waals surface area contributed by atoms with Crippen LogP contribution in [0.25, 0.3) is 22.3 Å². The minimum Gasteiger partial charge on any atom is -0.447 e. The van der Waals surface area contributed by atoms with Gasteiger partial charge in [0.05, 0.1) is 28.5 Å². The third-order valence-corrected chi connectivity index (χ3v) is 5.82. The molecule has 1 aliphatic rings. The number of aromatic amines is 1. The fourth-order valence-corrected chi connectivity index (χ4v) is 4.34. The van der Waals surface area contributed by atoms with Crippen LogP contribution in [0.2, 0.25) is 5.02 Å². The van der Waals surface area contributed by atoms with Gasteiger partial charge in [0.2, 0.25) is 5.95 Å². The molecule has 1 saturated heterocycles. The van der Waals surface area contributed by atoms with E-state index in [9.17, 15) is 4.79 Å². The second-order valence-corrected chi connectivity index (χ2v) is 9.02. The Kier molecular flexibility index (Phi) is 5.94. The Morgan fingerprint density at radius 1 is 1.34 bits per heavy atom. The zero-order valence-electron chi connectivity index (χ0n) is 18.4. The summed E-state index contributed by atoms with van der Waals surface area (Å²) in [6.07, 6.45) is 1.60. The van der Waals surface area contributed by atoms with Gasteiger partial charge in [0.15, 0.2) is 5.82 Å². The number of nitrogens with two attached hydrogens (primary N) is 1. The van der Waals surface area contributed by atoms with Crippen LogP contribution in [0, 0.1) is 5.82 Å². The third kappa shape index (κ3) is 4.09. The minimum atomic E-state index is -0.482. The van der Waals surface area contributed by atoms with Gasteiger partial charge in [-0.1, -0.05) is 25.4 Å². The van der Waals surface area contributed by atoms with Crippen molar-refractivity contribution in [3.63, 3.8) is 0 Å². The average Bonchev–Trinajstić information content (AvgIpc) is 3.36. The number of imidazole rings is 1. The number of H-pyrrole nitrogens is 1. The Hall–Kier alpha value is -2.94. The number of carbonyl (C=O) groups excluding carboxylic acids is 1. The fraction of sp³-hybridized carbons (Fsp3) is 0.455. The van der Waals surface area contributed by atoms with Crippen molar-refractivity contribution in [2.24, 2.45) is 0 Å². The number of hydrogen-bond acceptors (Lipinski definition) is 6. The van der Waals surface area contributed by atoms with Crippen molar-refractivity contribution in [3.8, 4) is 11.3 Å². The maximum Gasteiger partial charge on any atom is 0.410 e. The second-order valence-electron chi connectivity index (χ2n) is 8.61. The number of rotatable bonds is 4. The largest absolute Gasteiger partial charge is 0.447 e. The predicted octanol–water partition coefficient (Wildman–Crippen LogP) is 4.85. The number of likely N-dealkylation sites (tertiary alicyclic amines) is 1. The van der Waals surface area contributed by atoms with Gasteiger partial charge in [-0.3, -0.25) is 0 Å². The van der Waals surface area contributed by atoms with E-state index in [0.717, 1.165) is 5.56 Å². The Morgan fingerprint density at radius 3 is 2.78 bits per heavy atom. The Labute approximate surface area is 190 Å². The number of nitrogens with zero attached hydrogens (tertiary/aromatic N) is 4. The van der Waals surface area contributed by atoms with Crippen LogP contribution in [-0.4, -0.2) is 50.1 Å². The number of carbonyl (C=O) groups is 1. The van der Waals surface area contributed by atoms with Gasteiger partial charge in [-0.25, -0.2) is 24.1 Å². The zero-order valence-corrected chi connectivity index (χ0v) is 19.2. The summed E-state index contributed by atoms with van der Waals surface area (Å²) < 4.78 is 20.5. The molecule has 1 aliphatic heterocycles. The lowest BCUT2D eigenvalue weighted by Gasteiger charge is -2.17. The minimum absolute atomic E-state index is 0.0229. The lowest BCUT2D eigenvalue weighted by molar-refractivity contribution is 0.0832. The highest BCUT2D eigenvalue weighted by molar-refractivity contribution is 6.33. The zero-order chi connectivity index (χ0) is 23.2. The lowest BCUT2D eigenvalue weighted by Crippen LogP contribution is -2.31. The molecule has 1 aromatic carbocycles. The smallest absolute Gasteiger partial charge is 0.410 e. The van der Waals surface area contributed by atoms with Gasteiger partial charge >= 0.3 is 6.09 Å². The first-order valence-electron chi connectivity index (χ1n) is 10.6. The standard InChI is InChI=1S/C22H26ClFN6O2/c1-10(2)16-13(17-14(23)8-26-21(25)29-17)7-15(24)18-19(16)28-20(27-18)12-5-6-30(9-12)22(31)32-11(3)4/h7-8,10-12H,5-6,9H2,1-4H3,(H,27,28)(H2,25,26,29). The van der Waals surface area contributed by atoms with E-state index >= 15 is 4.39 Å².